The van der Waals surface area contributed by atoms with E-state index in [4.69, 9.17) is 9.47 Å². The van der Waals surface area contributed by atoms with E-state index in [-0.39, 0.29) is 19.1 Å². The van der Waals surface area contributed by atoms with Gasteiger partial charge in [0.15, 0.2) is 0 Å². The number of benzene rings is 3. The number of hydrogen-bond donors (Lipinski definition) is 2. The van der Waals surface area contributed by atoms with Crippen molar-refractivity contribution in [1.82, 2.24) is 15.5 Å². The van der Waals surface area contributed by atoms with Crippen LogP contribution in [0.2, 0.25) is 0 Å². The standard InChI is InChI=1S/C23H24FN3O.C13H17NO3.H2/c1-2-25-16-27-22-13-9-19(10-14-22)18-5-7-20(8-6-18)23(28)26-15-17-3-11-21(24)12-4-17;1-10-3-4-11(9-12(10)16-2)13(15)14-5-7-17-8-6-14;/h3-13,25H,2,14-16H2,1H3,(H,26,28);3-4,9H,5-8H2,1-2H3;1H/b27-22-;;. The Morgan fingerprint density at radius 2 is 1.71 bits per heavy atom. The molecule has 0 aromatic heterocycles. The highest BCUT2D eigenvalue weighted by Crippen LogP contribution is 2.22. The third-order valence-electron chi connectivity index (χ3n) is 7.43. The molecule has 5 rings (SSSR count). The number of morpholine rings is 1. The van der Waals surface area contributed by atoms with Gasteiger partial charge in [-0.25, -0.2) is 4.39 Å². The number of ether oxygens (including phenoxy) is 2. The van der Waals surface area contributed by atoms with Crippen LogP contribution in [-0.4, -0.2) is 69.1 Å². The summed E-state index contributed by atoms with van der Waals surface area (Å²) in [6.45, 7) is 8.49. The first-order valence-electron chi connectivity index (χ1n) is 15.1. The molecule has 3 aromatic rings. The molecular formula is C36H43FN4O4. The summed E-state index contributed by atoms with van der Waals surface area (Å²) in [4.78, 5) is 30.8. The van der Waals surface area contributed by atoms with E-state index >= 15 is 0 Å². The molecule has 0 radical (unpaired) electrons. The van der Waals surface area contributed by atoms with Crippen LogP contribution in [0.3, 0.4) is 0 Å². The fraction of sp³-hybridized carbons (Fsp3) is 0.306. The molecule has 3 aromatic carbocycles. The number of carbonyl (C=O) groups is 2. The average molecular weight is 615 g/mol. The maximum absolute atomic E-state index is 12.9. The monoisotopic (exact) mass is 614 g/mol. The van der Waals surface area contributed by atoms with Crippen LogP contribution in [0.4, 0.5) is 4.39 Å². The Balaban J connectivity index is 0.000000274. The number of amides is 2. The van der Waals surface area contributed by atoms with E-state index < -0.39 is 0 Å². The Hall–Kier alpha value is -4.60. The molecule has 0 unspecified atom stereocenters. The number of hydrogen-bond acceptors (Lipinski definition) is 6. The lowest BCUT2D eigenvalue weighted by atomic mass is 9.97. The molecule has 1 aliphatic heterocycles. The van der Waals surface area contributed by atoms with Crippen molar-refractivity contribution >= 4 is 23.1 Å². The van der Waals surface area contributed by atoms with Gasteiger partial charge in [-0.3, -0.25) is 19.9 Å². The fourth-order valence-electron chi connectivity index (χ4n) is 4.74. The Labute approximate surface area is 266 Å². The third kappa shape index (κ3) is 9.96. The summed E-state index contributed by atoms with van der Waals surface area (Å²) >= 11 is 0. The zero-order chi connectivity index (χ0) is 32.0. The number of methoxy groups -OCH3 is 1. The minimum atomic E-state index is -0.284. The highest BCUT2D eigenvalue weighted by Gasteiger charge is 2.19. The molecule has 2 N–H and O–H groups in total. The predicted octanol–water partition coefficient (Wildman–Crippen LogP) is 5.83. The Morgan fingerprint density at radius 1 is 1.00 bits per heavy atom. The Kier molecular flexibility index (Phi) is 12.6. The normalized spacial score (nSPS) is 15.2. The minimum absolute atomic E-state index is 0. The van der Waals surface area contributed by atoms with Crippen LogP contribution in [0, 0.1) is 12.7 Å². The van der Waals surface area contributed by atoms with Crippen molar-refractivity contribution in [2.45, 2.75) is 26.8 Å². The number of aliphatic imine (C=N–C) groups is 1. The summed E-state index contributed by atoms with van der Waals surface area (Å²) < 4.78 is 23.4. The molecule has 9 heteroatoms. The van der Waals surface area contributed by atoms with Crippen molar-refractivity contribution in [2.24, 2.45) is 4.99 Å². The number of allylic oxidation sites excluding steroid dienone is 4. The Morgan fingerprint density at radius 3 is 2.36 bits per heavy atom. The van der Waals surface area contributed by atoms with Crippen LogP contribution in [0.1, 0.15) is 52.2 Å². The second-order valence-corrected chi connectivity index (χ2v) is 10.6. The maximum Gasteiger partial charge on any atom is 0.254 e. The summed E-state index contributed by atoms with van der Waals surface area (Å²) in [7, 11) is 1.62. The molecular weight excluding hydrogens is 571 g/mol. The largest absolute Gasteiger partial charge is 0.496 e. The lowest BCUT2D eigenvalue weighted by Gasteiger charge is -2.27. The van der Waals surface area contributed by atoms with E-state index in [0.29, 0.717) is 50.6 Å². The number of rotatable bonds is 9. The topological polar surface area (TPSA) is 92.3 Å². The molecule has 238 valence electrons. The SMILES string of the molecule is CCNC/N=C1/C=CC(c2ccc(C(=O)NCc3ccc(F)cc3)cc2)=CC1.COc1cc(C(=O)N2CCOCC2)ccc1C.[HH]. The maximum atomic E-state index is 12.9. The number of halogens is 1. The van der Waals surface area contributed by atoms with E-state index in [1.165, 1.54) is 12.1 Å². The summed E-state index contributed by atoms with van der Waals surface area (Å²) in [6, 6.07) is 19.2. The molecule has 1 heterocycles. The van der Waals surface area contributed by atoms with E-state index in [0.717, 1.165) is 46.7 Å². The molecule has 1 saturated heterocycles. The third-order valence-corrected chi connectivity index (χ3v) is 7.43. The van der Waals surface area contributed by atoms with Gasteiger partial charge >= 0.3 is 0 Å². The number of nitrogens with zero attached hydrogens (tertiary/aromatic N) is 2. The molecule has 1 fully saturated rings. The molecule has 45 heavy (non-hydrogen) atoms. The summed E-state index contributed by atoms with van der Waals surface area (Å²) in [5.74, 6) is 0.366. The molecule has 1 aliphatic carbocycles. The molecule has 2 aliphatic rings. The predicted molar refractivity (Wildman–Crippen MR) is 178 cm³/mol. The van der Waals surface area contributed by atoms with Gasteiger partial charge in [-0.2, -0.15) is 0 Å². The van der Waals surface area contributed by atoms with Gasteiger partial charge in [-0.15, -0.1) is 0 Å². The van der Waals surface area contributed by atoms with Crippen molar-refractivity contribution < 1.29 is 24.9 Å². The van der Waals surface area contributed by atoms with Crippen molar-refractivity contribution in [1.29, 1.82) is 0 Å². The molecule has 2 amide bonds. The number of nitrogens with one attached hydrogen (secondary N) is 2. The molecule has 0 spiro atoms. The van der Waals surface area contributed by atoms with Gasteiger partial charge in [-0.1, -0.05) is 49.4 Å². The van der Waals surface area contributed by atoms with Gasteiger partial charge in [0.25, 0.3) is 11.8 Å². The van der Waals surface area contributed by atoms with Crippen molar-refractivity contribution in [3.8, 4) is 5.75 Å². The van der Waals surface area contributed by atoms with Gasteiger partial charge in [0.2, 0.25) is 0 Å². The molecule has 0 saturated carbocycles. The zero-order valence-corrected chi connectivity index (χ0v) is 26.1. The van der Waals surface area contributed by atoms with Crippen LogP contribution in [-0.2, 0) is 11.3 Å². The second kappa shape index (κ2) is 17.0. The minimum Gasteiger partial charge on any atom is -0.496 e. The highest BCUT2D eigenvalue weighted by atomic mass is 19.1. The second-order valence-electron chi connectivity index (χ2n) is 10.6. The van der Waals surface area contributed by atoms with Gasteiger partial charge in [0.1, 0.15) is 11.6 Å². The van der Waals surface area contributed by atoms with E-state index in [9.17, 15) is 14.0 Å². The smallest absolute Gasteiger partial charge is 0.254 e. The van der Waals surface area contributed by atoms with Gasteiger partial charge < -0.3 is 19.7 Å². The fourth-order valence-corrected chi connectivity index (χ4v) is 4.74. The van der Waals surface area contributed by atoms with E-state index in [1.807, 2.05) is 54.3 Å². The van der Waals surface area contributed by atoms with Gasteiger partial charge in [-0.05, 0) is 78.2 Å². The summed E-state index contributed by atoms with van der Waals surface area (Å²) in [6.07, 6.45) is 7.04. The first kappa shape index (κ1) is 33.3. The van der Waals surface area contributed by atoms with Crippen LogP contribution >= 0.6 is 0 Å². The van der Waals surface area contributed by atoms with Gasteiger partial charge in [0.05, 0.1) is 27.0 Å². The summed E-state index contributed by atoms with van der Waals surface area (Å²) in [5.41, 5.74) is 6.41. The number of aryl methyl sites for hydroxylation is 1. The van der Waals surface area contributed by atoms with Crippen LogP contribution < -0.4 is 15.4 Å². The lowest BCUT2D eigenvalue weighted by molar-refractivity contribution is 0.0302. The van der Waals surface area contributed by atoms with Crippen molar-refractivity contribution in [3.63, 3.8) is 0 Å². The van der Waals surface area contributed by atoms with Crippen LogP contribution in [0.5, 0.6) is 5.75 Å². The molecule has 0 bridgehead atoms. The quantitative estimate of drug-likeness (QED) is 0.296. The van der Waals surface area contributed by atoms with Gasteiger partial charge in [0, 0.05) is 44.3 Å². The van der Waals surface area contributed by atoms with Crippen molar-refractivity contribution in [2.75, 3.05) is 46.6 Å². The molecule has 8 nitrogen and oxygen atoms in total. The first-order valence-corrected chi connectivity index (χ1v) is 15.1. The Bertz CT molecular complexity index is 1530. The first-order chi connectivity index (χ1) is 21.9. The van der Waals surface area contributed by atoms with Crippen LogP contribution in [0.15, 0.2) is 90.0 Å². The van der Waals surface area contributed by atoms with E-state index in [1.54, 1.807) is 25.3 Å². The molecule has 0 atom stereocenters. The zero-order valence-electron chi connectivity index (χ0n) is 26.1. The lowest BCUT2D eigenvalue weighted by Crippen LogP contribution is -2.40. The highest BCUT2D eigenvalue weighted by molar-refractivity contribution is 6.02. The van der Waals surface area contributed by atoms with E-state index in [2.05, 4.69) is 34.7 Å². The summed E-state index contributed by atoms with van der Waals surface area (Å²) in [5, 5.41) is 6.03. The van der Waals surface area contributed by atoms with Crippen molar-refractivity contribution in [3.05, 3.63) is 119 Å². The average Bonchev–Trinajstić information content (AvgIpc) is 3.09. The van der Waals surface area contributed by atoms with Crippen LogP contribution in [0.25, 0.3) is 5.57 Å². The number of carbonyl (C=O) groups excluding carboxylic acids is 2.